The van der Waals surface area contributed by atoms with E-state index in [-0.39, 0.29) is 11.6 Å². The lowest BCUT2D eigenvalue weighted by atomic mass is 10.2. The largest absolute Gasteiger partial charge is 0.494 e. The molecule has 1 heterocycles. The average molecular weight is 300 g/mol. The summed E-state index contributed by atoms with van der Waals surface area (Å²) in [6.07, 6.45) is 1.30. The molecule has 0 radical (unpaired) electrons. The van der Waals surface area contributed by atoms with Crippen molar-refractivity contribution in [1.29, 1.82) is 0 Å². The molecule has 0 bridgehead atoms. The Balaban J connectivity index is 2.03. The summed E-state index contributed by atoms with van der Waals surface area (Å²) in [6.45, 7) is 2.49. The highest BCUT2D eigenvalue weighted by atomic mass is 16.5. The lowest BCUT2D eigenvalue weighted by molar-refractivity contribution is 0.0600. The normalized spacial score (nSPS) is 9.91. The number of nitrogens with zero attached hydrogens (tertiary/aromatic N) is 1. The van der Waals surface area contributed by atoms with Crippen LogP contribution in [-0.4, -0.2) is 30.6 Å². The lowest BCUT2D eigenvalue weighted by Gasteiger charge is -2.07. The van der Waals surface area contributed by atoms with Gasteiger partial charge in [0.25, 0.3) is 5.91 Å². The number of carbonyl (C=O) groups excluding carboxylic acids is 2. The van der Waals surface area contributed by atoms with Crippen LogP contribution in [0, 0.1) is 0 Å². The van der Waals surface area contributed by atoms with E-state index in [4.69, 9.17) is 4.74 Å². The highest BCUT2D eigenvalue weighted by Gasteiger charge is 2.10. The molecule has 0 saturated heterocycles. The molecule has 114 valence electrons. The minimum absolute atomic E-state index is 0.210. The van der Waals surface area contributed by atoms with Crippen LogP contribution in [0.4, 0.5) is 5.69 Å². The first-order chi connectivity index (χ1) is 10.6. The number of ether oxygens (including phenoxy) is 2. The summed E-state index contributed by atoms with van der Waals surface area (Å²) < 4.78 is 9.90. The van der Waals surface area contributed by atoms with Gasteiger partial charge in [0, 0.05) is 11.9 Å². The number of esters is 1. The summed E-state index contributed by atoms with van der Waals surface area (Å²) in [7, 11) is 1.29. The number of rotatable bonds is 5. The van der Waals surface area contributed by atoms with E-state index in [1.165, 1.54) is 25.4 Å². The van der Waals surface area contributed by atoms with Crippen LogP contribution in [0.3, 0.4) is 0 Å². The molecule has 0 aliphatic heterocycles. The summed E-state index contributed by atoms with van der Waals surface area (Å²) >= 11 is 0. The number of carbonyl (C=O) groups is 2. The van der Waals surface area contributed by atoms with Crippen molar-refractivity contribution < 1.29 is 19.1 Å². The average Bonchev–Trinajstić information content (AvgIpc) is 2.56. The molecule has 2 aromatic rings. The second-order valence-electron chi connectivity index (χ2n) is 4.34. The van der Waals surface area contributed by atoms with Gasteiger partial charge in [-0.05, 0) is 43.3 Å². The van der Waals surface area contributed by atoms with Crippen LogP contribution in [0.2, 0.25) is 0 Å². The van der Waals surface area contributed by atoms with Crippen molar-refractivity contribution in [2.75, 3.05) is 19.0 Å². The van der Waals surface area contributed by atoms with Crippen LogP contribution in [-0.2, 0) is 4.74 Å². The van der Waals surface area contributed by atoms with E-state index in [1.807, 2.05) is 6.92 Å². The minimum atomic E-state index is -0.494. The predicted octanol–water partition coefficient (Wildman–Crippen LogP) is 2.52. The number of pyridine rings is 1. The standard InChI is InChI=1S/C16H16N2O4/c1-3-22-13-7-5-12(6-8-13)18-15(19)14-9-4-11(10-17-14)16(20)21-2/h4-10H,3H2,1-2H3,(H,18,19). The van der Waals surface area contributed by atoms with E-state index >= 15 is 0 Å². The third-order valence-electron chi connectivity index (χ3n) is 2.84. The molecule has 2 rings (SSSR count). The number of nitrogens with one attached hydrogen (secondary N) is 1. The molecule has 0 atom stereocenters. The van der Waals surface area contributed by atoms with Gasteiger partial charge in [-0.3, -0.25) is 9.78 Å². The van der Waals surface area contributed by atoms with E-state index < -0.39 is 5.97 Å². The molecule has 1 N–H and O–H groups in total. The number of methoxy groups -OCH3 is 1. The lowest BCUT2D eigenvalue weighted by Crippen LogP contribution is -2.14. The van der Waals surface area contributed by atoms with Gasteiger partial charge >= 0.3 is 5.97 Å². The first-order valence-electron chi connectivity index (χ1n) is 6.72. The van der Waals surface area contributed by atoms with E-state index in [1.54, 1.807) is 24.3 Å². The van der Waals surface area contributed by atoms with Crippen LogP contribution in [0.25, 0.3) is 0 Å². The first-order valence-corrected chi connectivity index (χ1v) is 6.72. The van der Waals surface area contributed by atoms with Gasteiger partial charge in [0.2, 0.25) is 0 Å². The van der Waals surface area contributed by atoms with Crippen molar-refractivity contribution in [1.82, 2.24) is 4.98 Å². The van der Waals surface area contributed by atoms with Gasteiger partial charge in [-0.25, -0.2) is 4.79 Å². The molecule has 0 saturated carbocycles. The Hall–Kier alpha value is -2.89. The molecule has 1 amide bonds. The number of hydrogen-bond donors (Lipinski definition) is 1. The van der Waals surface area contributed by atoms with Crippen molar-refractivity contribution in [2.24, 2.45) is 0 Å². The number of anilines is 1. The molecule has 0 fully saturated rings. The quantitative estimate of drug-likeness (QED) is 0.858. The summed E-state index contributed by atoms with van der Waals surface area (Å²) in [5, 5.41) is 2.72. The molecular weight excluding hydrogens is 284 g/mol. The van der Waals surface area contributed by atoms with E-state index in [0.29, 0.717) is 17.9 Å². The second-order valence-corrected chi connectivity index (χ2v) is 4.34. The molecule has 0 unspecified atom stereocenters. The number of aromatic nitrogens is 1. The zero-order valence-corrected chi connectivity index (χ0v) is 12.3. The smallest absolute Gasteiger partial charge is 0.339 e. The fourth-order valence-corrected chi connectivity index (χ4v) is 1.76. The van der Waals surface area contributed by atoms with Crippen LogP contribution < -0.4 is 10.1 Å². The SMILES string of the molecule is CCOc1ccc(NC(=O)c2ccc(C(=O)OC)cn2)cc1. The Morgan fingerprint density at radius 3 is 2.41 bits per heavy atom. The molecule has 6 nitrogen and oxygen atoms in total. The highest BCUT2D eigenvalue weighted by Crippen LogP contribution is 2.16. The third-order valence-corrected chi connectivity index (χ3v) is 2.84. The maximum absolute atomic E-state index is 12.1. The molecule has 0 aliphatic rings. The molecule has 6 heteroatoms. The van der Waals surface area contributed by atoms with Crippen molar-refractivity contribution >= 4 is 17.6 Å². The Kier molecular flexibility index (Phi) is 5.08. The molecule has 1 aromatic carbocycles. The van der Waals surface area contributed by atoms with Crippen LogP contribution in [0.5, 0.6) is 5.75 Å². The Labute approximate surface area is 128 Å². The monoisotopic (exact) mass is 300 g/mol. The zero-order valence-electron chi connectivity index (χ0n) is 12.3. The van der Waals surface area contributed by atoms with Crippen molar-refractivity contribution in [3.05, 3.63) is 53.9 Å². The van der Waals surface area contributed by atoms with Gasteiger partial charge in [-0.2, -0.15) is 0 Å². The number of amides is 1. The number of hydrogen-bond acceptors (Lipinski definition) is 5. The predicted molar refractivity (Wildman–Crippen MR) is 81.1 cm³/mol. The maximum Gasteiger partial charge on any atom is 0.339 e. The summed E-state index contributed by atoms with van der Waals surface area (Å²) in [5.41, 5.74) is 1.13. The highest BCUT2D eigenvalue weighted by molar-refractivity contribution is 6.03. The molecular formula is C16H16N2O4. The minimum Gasteiger partial charge on any atom is -0.494 e. The topological polar surface area (TPSA) is 77.5 Å². The summed E-state index contributed by atoms with van der Waals surface area (Å²) in [5.74, 6) is -0.118. The van der Waals surface area contributed by atoms with Crippen molar-refractivity contribution in [3.8, 4) is 5.75 Å². The summed E-state index contributed by atoms with van der Waals surface area (Å²) in [4.78, 5) is 27.3. The van der Waals surface area contributed by atoms with Gasteiger partial charge in [0.05, 0.1) is 19.3 Å². The van der Waals surface area contributed by atoms with Crippen LogP contribution in [0.15, 0.2) is 42.6 Å². The van der Waals surface area contributed by atoms with E-state index in [2.05, 4.69) is 15.0 Å². The third kappa shape index (κ3) is 3.82. The van der Waals surface area contributed by atoms with Crippen molar-refractivity contribution in [2.45, 2.75) is 6.92 Å². The molecule has 0 spiro atoms. The molecule has 22 heavy (non-hydrogen) atoms. The fourth-order valence-electron chi connectivity index (χ4n) is 1.76. The zero-order chi connectivity index (χ0) is 15.9. The Bertz CT molecular complexity index is 651. The van der Waals surface area contributed by atoms with Crippen LogP contribution in [0.1, 0.15) is 27.8 Å². The fraction of sp³-hybridized carbons (Fsp3) is 0.188. The van der Waals surface area contributed by atoms with Gasteiger partial charge in [-0.1, -0.05) is 0 Å². The van der Waals surface area contributed by atoms with E-state index in [9.17, 15) is 9.59 Å². The van der Waals surface area contributed by atoms with E-state index in [0.717, 1.165) is 5.75 Å². The molecule has 1 aromatic heterocycles. The Morgan fingerprint density at radius 2 is 1.86 bits per heavy atom. The van der Waals surface area contributed by atoms with Gasteiger partial charge < -0.3 is 14.8 Å². The maximum atomic E-state index is 12.1. The van der Waals surface area contributed by atoms with Gasteiger partial charge in [0.15, 0.2) is 0 Å². The second kappa shape index (κ2) is 7.21. The summed E-state index contributed by atoms with van der Waals surface area (Å²) in [6, 6.07) is 9.99. The number of benzene rings is 1. The first kappa shape index (κ1) is 15.5. The van der Waals surface area contributed by atoms with Crippen LogP contribution >= 0.6 is 0 Å². The van der Waals surface area contributed by atoms with Gasteiger partial charge in [-0.15, -0.1) is 0 Å². The molecule has 0 aliphatic carbocycles. The van der Waals surface area contributed by atoms with Gasteiger partial charge in [0.1, 0.15) is 11.4 Å². The van der Waals surface area contributed by atoms with Crippen molar-refractivity contribution in [3.63, 3.8) is 0 Å². The Morgan fingerprint density at radius 1 is 1.14 bits per heavy atom.